The molecule has 0 bridgehead atoms. The number of benzene rings is 2. The zero-order valence-corrected chi connectivity index (χ0v) is 21.2. The molecule has 0 atom stereocenters. The molecule has 1 aliphatic heterocycles. The summed E-state index contributed by atoms with van der Waals surface area (Å²) < 4.78 is 34.7. The number of H-pyrrole nitrogens is 1. The summed E-state index contributed by atoms with van der Waals surface area (Å²) in [4.78, 5) is 41.7. The number of nitrogens with zero attached hydrogens (tertiary/aromatic N) is 8. The van der Waals surface area contributed by atoms with Crippen molar-refractivity contribution in [3.8, 4) is 0 Å². The molecular formula is C24H18F2N10O5. The van der Waals surface area contributed by atoms with Crippen molar-refractivity contribution in [2.75, 3.05) is 5.73 Å². The molecule has 0 aliphatic carbocycles. The van der Waals surface area contributed by atoms with Gasteiger partial charge < -0.3 is 10.5 Å². The highest BCUT2D eigenvalue weighted by Crippen LogP contribution is 2.38. The summed E-state index contributed by atoms with van der Waals surface area (Å²) in [5, 5.41) is 25.8. The van der Waals surface area contributed by atoms with Gasteiger partial charge in [0.25, 0.3) is 11.2 Å². The first-order chi connectivity index (χ1) is 19.5. The second kappa shape index (κ2) is 10.4. The molecule has 17 heteroatoms. The third-order valence-electron chi connectivity index (χ3n) is 6.04. The summed E-state index contributed by atoms with van der Waals surface area (Å²) in [6.07, 6.45) is 4.37. The lowest BCUT2D eigenvalue weighted by molar-refractivity contribution is -0.385. The van der Waals surface area contributed by atoms with E-state index >= 15 is 0 Å². The summed E-state index contributed by atoms with van der Waals surface area (Å²) in [7, 11) is 3.36. The van der Waals surface area contributed by atoms with Crippen molar-refractivity contribution in [1.29, 1.82) is 0 Å². The van der Waals surface area contributed by atoms with Crippen LogP contribution < -0.4 is 11.3 Å². The third-order valence-corrected chi connectivity index (χ3v) is 6.04. The number of aromatic nitrogens is 8. The molecule has 0 radical (unpaired) electrons. The van der Waals surface area contributed by atoms with E-state index in [1.54, 1.807) is 18.8 Å². The summed E-state index contributed by atoms with van der Waals surface area (Å²) in [5.41, 5.74) is 5.25. The number of hydrogen-bond acceptors (Lipinski definition) is 11. The zero-order chi connectivity index (χ0) is 29.4. The number of esters is 1. The first kappa shape index (κ1) is 26.7. The van der Waals surface area contributed by atoms with Crippen molar-refractivity contribution in [1.82, 2.24) is 39.7 Å². The summed E-state index contributed by atoms with van der Waals surface area (Å²) in [6.45, 7) is 0. The Morgan fingerprint density at radius 2 is 1.78 bits per heavy atom. The van der Waals surface area contributed by atoms with Crippen molar-refractivity contribution in [2.45, 2.75) is 6.42 Å². The van der Waals surface area contributed by atoms with E-state index < -0.39 is 33.8 Å². The number of hydrogen-bond donors (Lipinski definition) is 2. The number of carbonyl (C=O) groups excluding carboxylic acids is 1. The van der Waals surface area contributed by atoms with Gasteiger partial charge in [-0.2, -0.15) is 15.3 Å². The Labute approximate surface area is 227 Å². The highest BCUT2D eigenvalue weighted by atomic mass is 19.1. The molecule has 0 saturated heterocycles. The molecule has 0 fully saturated rings. The van der Waals surface area contributed by atoms with E-state index in [-0.39, 0.29) is 28.0 Å². The highest BCUT2D eigenvalue weighted by molar-refractivity contribution is 6.07. The number of ether oxygens (including phenoxy) is 1. The molecular weight excluding hydrogens is 546 g/mol. The van der Waals surface area contributed by atoms with Crippen LogP contribution in [-0.4, -0.2) is 50.6 Å². The zero-order valence-electron chi connectivity index (χ0n) is 21.2. The Kier molecular flexibility index (Phi) is 6.75. The van der Waals surface area contributed by atoms with Crippen LogP contribution in [0, 0.1) is 21.7 Å². The number of aromatic amines is 1. The molecule has 0 spiro atoms. The first-order valence-electron chi connectivity index (χ1n) is 11.6. The number of halogens is 2. The minimum atomic E-state index is -0.877. The van der Waals surface area contributed by atoms with Gasteiger partial charge in [0.05, 0.1) is 34.1 Å². The van der Waals surface area contributed by atoms with Crippen molar-refractivity contribution >= 4 is 40.0 Å². The van der Waals surface area contributed by atoms with E-state index in [0.717, 1.165) is 18.2 Å². The second-order valence-electron chi connectivity index (χ2n) is 8.64. The number of fused-ring (bicyclic) bond motifs is 2. The quantitative estimate of drug-likeness (QED) is 0.140. The Hall–Kier alpha value is -5.87. The number of anilines is 1. The van der Waals surface area contributed by atoms with E-state index in [2.05, 4.69) is 30.4 Å². The lowest BCUT2D eigenvalue weighted by Gasteiger charge is -2.07. The number of aryl methyl sites for hydroxylation is 2. The SMILES string of the molecule is Cn1ncnc1/C=C1\OC(=O)c2cc(F)cc([N+](=O)[O-])c21.Cn1ncnc1Cc1n[nH]c(=O)c2cc(F)cc(N)c12. The van der Waals surface area contributed by atoms with Crippen molar-refractivity contribution < 1.29 is 23.2 Å². The molecule has 208 valence electrons. The minimum Gasteiger partial charge on any atom is -0.422 e. The Morgan fingerprint density at radius 1 is 1.07 bits per heavy atom. The Balaban J connectivity index is 0.000000165. The summed E-state index contributed by atoms with van der Waals surface area (Å²) in [5.74, 6) is -1.34. The van der Waals surface area contributed by atoms with Crippen molar-refractivity contribution in [3.05, 3.63) is 97.5 Å². The third kappa shape index (κ3) is 5.10. The van der Waals surface area contributed by atoms with Gasteiger partial charge in [0, 0.05) is 31.2 Å². The minimum absolute atomic E-state index is 0.0576. The van der Waals surface area contributed by atoms with Crippen LogP contribution in [0.25, 0.3) is 22.6 Å². The van der Waals surface area contributed by atoms with E-state index in [0.29, 0.717) is 29.1 Å². The van der Waals surface area contributed by atoms with Gasteiger partial charge >= 0.3 is 5.97 Å². The van der Waals surface area contributed by atoms with Crippen LogP contribution in [0.3, 0.4) is 0 Å². The van der Waals surface area contributed by atoms with E-state index in [4.69, 9.17) is 10.5 Å². The average Bonchev–Trinajstić information content (AvgIpc) is 3.60. The van der Waals surface area contributed by atoms with Crippen LogP contribution in [-0.2, 0) is 25.3 Å². The van der Waals surface area contributed by atoms with Gasteiger partial charge in [-0.25, -0.2) is 33.3 Å². The van der Waals surface area contributed by atoms with Crippen molar-refractivity contribution in [3.63, 3.8) is 0 Å². The monoisotopic (exact) mass is 564 g/mol. The second-order valence-corrected chi connectivity index (χ2v) is 8.64. The normalized spacial score (nSPS) is 13.2. The van der Waals surface area contributed by atoms with Crippen LogP contribution >= 0.6 is 0 Å². The van der Waals surface area contributed by atoms with E-state index in [1.807, 2.05) is 0 Å². The Morgan fingerprint density at radius 3 is 2.44 bits per heavy atom. The van der Waals surface area contributed by atoms with Crippen LogP contribution in [0.15, 0.2) is 41.7 Å². The van der Waals surface area contributed by atoms with Gasteiger partial charge in [-0.15, -0.1) is 0 Å². The number of nitrogen functional groups attached to an aromatic ring is 1. The van der Waals surface area contributed by atoms with Crippen LogP contribution in [0.2, 0.25) is 0 Å². The molecule has 5 aromatic rings. The summed E-state index contributed by atoms with van der Waals surface area (Å²) >= 11 is 0. The van der Waals surface area contributed by atoms with Gasteiger partial charge in [-0.05, 0) is 18.2 Å². The standard InChI is InChI=1S/C12H11FN6O.C12H7FN4O4/c1-19-10(15-5-16-19)4-9-11-7(12(20)18-17-9)2-6(13)3-8(11)14;1-16-10(14-5-15-16)4-9-11-7(12(18)21-9)2-6(13)3-8(11)17(19)20/h2-3,5H,4,14H2,1H3,(H,18,20);2-5H,1H3/b;9-4-. The maximum Gasteiger partial charge on any atom is 0.344 e. The molecule has 2 aromatic carbocycles. The topological polar surface area (TPSA) is 203 Å². The predicted octanol–water partition coefficient (Wildman–Crippen LogP) is 1.89. The van der Waals surface area contributed by atoms with E-state index in [1.165, 1.54) is 29.5 Å². The van der Waals surface area contributed by atoms with Crippen LogP contribution in [0.4, 0.5) is 20.2 Å². The largest absolute Gasteiger partial charge is 0.422 e. The van der Waals surface area contributed by atoms with Crippen molar-refractivity contribution in [2.24, 2.45) is 14.1 Å². The lowest BCUT2D eigenvalue weighted by Crippen LogP contribution is -2.14. The molecule has 15 nitrogen and oxygen atoms in total. The molecule has 3 aromatic heterocycles. The molecule has 41 heavy (non-hydrogen) atoms. The number of rotatable bonds is 4. The van der Waals surface area contributed by atoms with Gasteiger partial charge in [0.15, 0.2) is 5.82 Å². The molecule has 3 N–H and O–H groups in total. The molecule has 4 heterocycles. The molecule has 0 saturated carbocycles. The number of nitro groups is 1. The van der Waals surface area contributed by atoms with Gasteiger partial charge in [-0.1, -0.05) is 0 Å². The fourth-order valence-corrected chi connectivity index (χ4v) is 4.14. The maximum atomic E-state index is 13.4. The smallest absolute Gasteiger partial charge is 0.344 e. The van der Waals surface area contributed by atoms with Crippen LogP contribution in [0.1, 0.15) is 33.3 Å². The fraction of sp³-hybridized carbons (Fsp3) is 0.125. The number of nitrogens with one attached hydrogen (secondary N) is 1. The average molecular weight is 564 g/mol. The number of nitrogens with two attached hydrogens (primary N) is 1. The number of carbonyl (C=O) groups is 1. The van der Waals surface area contributed by atoms with Gasteiger partial charge in [0.2, 0.25) is 0 Å². The van der Waals surface area contributed by atoms with Crippen LogP contribution in [0.5, 0.6) is 0 Å². The maximum absolute atomic E-state index is 13.4. The molecule has 0 amide bonds. The fourth-order valence-electron chi connectivity index (χ4n) is 4.14. The Bertz CT molecular complexity index is 1950. The lowest BCUT2D eigenvalue weighted by atomic mass is 10.1. The molecule has 0 unspecified atom stereocenters. The molecule has 6 rings (SSSR count). The summed E-state index contributed by atoms with van der Waals surface area (Å²) in [6, 6.07) is 3.96. The molecule has 1 aliphatic rings. The van der Waals surface area contributed by atoms with Gasteiger partial charge in [-0.3, -0.25) is 19.6 Å². The number of nitro benzene ring substituents is 1. The predicted molar refractivity (Wildman–Crippen MR) is 138 cm³/mol. The first-order valence-corrected chi connectivity index (χ1v) is 11.6. The van der Waals surface area contributed by atoms with Gasteiger partial charge in [0.1, 0.15) is 41.4 Å². The number of cyclic esters (lactones) is 1. The van der Waals surface area contributed by atoms with E-state index in [9.17, 15) is 28.5 Å². The highest BCUT2D eigenvalue weighted by Gasteiger charge is 2.35.